The molecule has 0 saturated heterocycles. The van der Waals surface area contributed by atoms with Crippen molar-refractivity contribution in [2.75, 3.05) is 0 Å². The number of carboxylic acids is 1. The minimum absolute atomic E-state index is 0.147. The highest BCUT2D eigenvalue weighted by atomic mass is 16.5. The number of aromatic hydroxyl groups is 1. The molecule has 132 valence electrons. The maximum Gasteiger partial charge on any atom is 0.339 e. The Hall–Kier alpha value is -2.75. The van der Waals surface area contributed by atoms with Crippen LogP contribution in [0.2, 0.25) is 0 Å². The van der Waals surface area contributed by atoms with Crippen molar-refractivity contribution in [3.63, 3.8) is 0 Å². The van der Waals surface area contributed by atoms with E-state index in [9.17, 15) is 15.0 Å². The van der Waals surface area contributed by atoms with E-state index in [1.54, 1.807) is 6.07 Å². The summed E-state index contributed by atoms with van der Waals surface area (Å²) in [6, 6.07) is 11.0. The van der Waals surface area contributed by atoms with Gasteiger partial charge in [-0.3, -0.25) is 0 Å². The Balaban J connectivity index is 2.27. The number of carboxylic acid groups (broad SMARTS) is 1. The molecule has 0 spiro atoms. The van der Waals surface area contributed by atoms with Gasteiger partial charge in [0, 0.05) is 5.56 Å². The van der Waals surface area contributed by atoms with Crippen molar-refractivity contribution < 1.29 is 19.7 Å². The van der Waals surface area contributed by atoms with Crippen molar-refractivity contribution in [1.29, 1.82) is 0 Å². The van der Waals surface area contributed by atoms with Crippen molar-refractivity contribution >= 4 is 12.0 Å². The fourth-order valence-electron chi connectivity index (χ4n) is 2.51. The minimum atomic E-state index is -1.18. The molecule has 0 atom stereocenters. The molecule has 0 radical (unpaired) electrons. The smallest absolute Gasteiger partial charge is 0.339 e. The molecule has 0 amide bonds. The molecule has 0 aromatic heterocycles. The van der Waals surface area contributed by atoms with E-state index in [2.05, 4.69) is 0 Å². The highest BCUT2D eigenvalue weighted by Gasteiger charge is 2.24. The van der Waals surface area contributed by atoms with Crippen LogP contribution in [-0.4, -0.2) is 16.2 Å². The highest BCUT2D eigenvalue weighted by molar-refractivity contribution is 5.92. The van der Waals surface area contributed by atoms with Gasteiger partial charge in [-0.25, -0.2) is 4.79 Å². The van der Waals surface area contributed by atoms with Gasteiger partial charge in [0.05, 0.1) is 0 Å². The van der Waals surface area contributed by atoms with Crippen LogP contribution in [0.1, 0.15) is 54.7 Å². The van der Waals surface area contributed by atoms with Crippen molar-refractivity contribution in [3.05, 3.63) is 64.7 Å². The van der Waals surface area contributed by atoms with E-state index in [1.165, 1.54) is 6.07 Å². The zero-order chi connectivity index (χ0) is 18.6. The van der Waals surface area contributed by atoms with E-state index in [0.717, 1.165) is 11.1 Å². The number of phenols is 1. The fourth-order valence-corrected chi connectivity index (χ4v) is 2.51. The average Bonchev–Trinajstić information content (AvgIpc) is 2.54. The molecule has 0 aliphatic rings. The van der Waals surface area contributed by atoms with Crippen LogP contribution < -0.4 is 4.74 Å². The number of allylic oxidation sites excluding steroid dienone is 1. The second kappa shape index (κ2) is 7.43. The van der Waals surface area contributed by atoms with Crippen LogP contribution in [0.5, 0.6) is 11.5 Å². The van der Waals surface area contributed by atoms with Crippen molar-refractivity contribution in [2.45, 2.75) is 39.7 Å². The number of hydrogen-bond donors (Lipinski definition) is 2. The zero-order valence-electron chi connectivity index (χ0n) is 15.0. The Labute approximate surface area is 148 Å². The molecule has 0 bridgehead atoms. The first kappa shape index (κ1) is 18.6. The van der Waals surface area contributed by atoms with Gasteiger partial charge in [-0.1, -0.05) is 57.2 Å². The molecule has 2 N–H and O–H groups in total. The van der Waals surface area contributed by atoms with Crippen LogP contribution in [-0.2, 0) is 12.0 Å². The summed E-state index contributed by atoms with van der Waals surface area (Å²) in [6.07, 6.45) is 3.99. The molecule has 0 unspecified atom stereocenters. The molecule has 2 rings (SSSR count). The van der Waals surface area contributed by atoms with Crippen LogP contribution in [0.3, 0.4) is 0 Å². The van der Waals surface area contributed by atoms with E-state index in [1.807, 2.05) is 64.1 Å². The maximum atomic E-state index is 11.4. The number of carbonyl (C=O) groups is 1. The molecule has 2 aromatic carbocycles. The van der Waals surface area contributed by atoms with Gasteiger partial charge in [0.25, 0.3) is 0 Å². The number of rotatable bonds is 5. The summed E-state index contributed by atoms with van der Waals surface area (Å²) in [6.45, 7) is 8.03. The van der Waals surface area contributed by atoms with Gasteiger partial charge >= 0.3 is 5.97 Å². The van der Waals surface area contributed by atoms with Gasteiger partial charge in [0.15, 0.2) is 0 Å². The Kier molecular flexibility index (Phi) is 5.52. The lowest BCUT2D eigenvalue weighted by atomic mass is 9.85. The van der Waals surface area contributed by atoms with Gasteiger partial charge in [-0.2, -0.15) is 0 Å². The monoisotopic (exact) mass is 340 g/mol. The third-order valence-corrected chi connectivity index (χ3v) is 3.87. The Bertz CT molecular complexity index is 781. The largest absolute Gasteiger partial charge is 0.507 e. The molecule has 0 heterocycles. The van der Waals surface area contributed by atoms with Crippen LogP contribution in [0.15, 0.2) is 42.5 Å². The summed E-state index contributed by atoms with van der Waals surface area (Å²) in [4.78, 5) is 11.4. The SMILES string of the molecule is C/C=C/c1ccc(COc2cc(C(=O)O)c(O)c(C(C)(C)C)c2)cc1. The molecule has 0 aliphatic carbocycles. The molecule has 25 heavy (non-hydrogen) atoms. The molecule has 4 heteroatoms. The third-order valence-electron chi connectivity index (χ3n) is 3.87. The lowest BCUT2D eigenvalue weighted by Crippen LogP contribution is -2.14. The second-order valence-electron chi connectivity index (χ2n) is 6.95. The summed E-state index contributed by atoms with van der Waals surface area (Å²) in [5.74, 6) is -0.954. The van der Waals surface area contributed by atoms with Crippen LogP contribution in [0.4, 0.5) is 0 Å². The molecule has 0 saturated carbocycles. The maximum absolute atomic E-state index is 11.4. The lowest BCUT2D eigenvalue weighted by Gasteiger charge is -2.22. The van der Waals surface area contributed by atoms with Gasteiger partial charge in [-0.05, 0) is 35.6 Å². The predicted octanol–water partition coefficient (Wildman–Crippen LogP) is 5.00. The molecular formula is C21H24O4. The zero-order valence-corrected chi connectivity index (χ0v) is 15.0. The van der Waals surface area contributed by atoms with E-state index in [-0.39, 0.29) is 11.3 Å². The lowest BCUT2D eigenvalue weighted by molar-refractivity contribution is 0.0692. The summed E-state index contributed by atoms with van der Waals surface area (Å²) >= 11 is 0. The molecule has 2 aromatic rings. The molecule has 0 fully saturated rings. The number of benzene rings is 2. The van der Waals surface area contributed by atoms with Gasteiger partial charge in [0.1, 0.15) is 23.7 Å². The summed E-state index contributed by atoms with van der Waals surface area (Å²) in [5.41, 5.74) is 2.09. The van der Waals surface area contributed by atoms with E-state index < -0.39 is 11.4 Å². The number of aromatic carboxylic acids is 1. The topological polar surface area (TPSA) is 66.8 Å². The quantitative estimate of drug-likeness (QED) is 0.804. The third kappa shape index (κ3) is 4.63. The van der Waals surface area contributed by atoms with Gasteiger partial charge < -0.3 is 14.9 Å². The highest BCUT2D eigenvalue weighted by Crippen LogP contribution is 2.37. The summed E-state index contributed by atoms with van der Waals surface area (Å²) in [7, 11) is 0. The van der Waals surface area contributed by atoms with E-state index in [0.29, 0.717) is 17.9 Å². The Morgan fingerprint density at radius 1 is 1.16 bits per heavy atom. The number of hydrogen-bond acceptors (Lipinski definition) is 3. The molecule has 0 aliphatic heterocycles. The van der Waals surface area contributed by atoms with Gasteiger partial charge in [-0.15, -0.1) is 0 Å². The second-order valence-corrected chi connectivity index (χ2v) is 6.95. The first-order chi connectivity index (χ1) is 11.7. The van der Waals surface area contributed by atoms with Crippen LogP contribution >= 0.6 is 0 Å². The standard InChI is InChI=1S/C21H24O4/c1-5-6-14-7-9-15(10-8-14)13-25-16-11-17(20(23)24)19(22)18(12-16)21(2,3)4/h5-12,22H,13H2,1-4H3,(H,23,24)/b6-5+. The fraction of sp³-hybridized carbons (Fsp3) is 0.286. The molecule has 4 nitrogen and oxygen atoms in total. The predicted molar refractivity (Wildman–Crippen MR) is 99.2 cm³/mol. The Morgan fingerprint density at radius 3 is 2.32 bits per heavy atom. The summed E-state index contributed by atoms with van der Waals surface area (Å²) in [5, 5.41) is 19.6. The summed E-state index contributed by atoms with van der Waals surface area (Å²) < 4.78 is 5.78. The Morgan fingerprint density at radius 2 is 1.80 bits per heavy atom. The van der Waals surface area contributed by atoms with Crippen LogP contribution in [0.25, 0.3) is 6.08 Å². The average molecular weight is 340 g/mol. The van der Waals surface area contributed by atoms with Crippen LogP contribution in [0, 0.1) is 0 Å². The van der Waals surface area contributed by atoms with Crippen molar-refractivity contribution in [2.24, 2.45) is 0 Å². The van der Waals surface area contributed by atoms with E-state index >= 15 is 0 Å². The van der Waals surface area contributed by atoms with Gasteiger partial charge in [0.2, 0.25) is 0 Å². The first-order valence-corrected chi connectivity index (χ1v) is 8.17. The minimum Gasteiger partial charge on any atom is -0.507 e. The van der Waals surface area contributed by atoms with E-state index in [4.69, 9.17) is 4.74 Å². The normalized spacial score (nSPS) is 11.7. The van der Waals surface area contributed by atoms with Crippen molar-refractivity contribution in [1.82, 2.24) is 0 Å². The first-order valence-electron chi connectivity index (χ1n) is 8.17. The molecular weight excluding hydrogens is 316 g/mol. The van der Waals surface area contributed by atoms with Crippen molar-refractivity contribution in [3.8, 4) is 11.5 Å². The number of ether oxygens (including phenoxy) is 1.